The highest BCUT2D eigenvalue weighted by atomic mass is 35.5. The summed E-state index contributed by atoms with van der Waals surface area (Å²) in [5.41, 5.74) is 1.67. The monoisotopic (exact) mass is 350 g/mol. The second kappa shape index (κ2) is 7.77. The van der Waals surface area contributed by atoms with E-state index in [1.807, 2.05) is 18.3 Å². The van der Waals surface area contributed by atoms with Gasteiger partial charge >= 0.3 is 0 Å². The summed E-state index contributed by atoms with van der Waals surface area (Å²) in [5.74, 6) is 0.180. The van der Waals surface area contributed by atoms with Crippen LogP contribution in [0.5, 0.6) is 0 Å². The third-order valence-corrected chi connectivity index (χ3v) is 4.75. The Balaban J connectivity index is 1.53. The molecule has 0 bridgehead atoms. The van der Waals surface area contributed by atoms with Crippen molar-refractivity contribution in [2.45, 2.75) is 12.3 Å². The van der Waals surface area contributed by atoms with Crippen LogP contribution in [-0.4, -0.2) is 28.4 Å². The van der Waals surface area contributed by atoms with Crippen molar-refractivity contribution in [3.05, 3.63) is 64.7 Å². The molecule has 0 amide bonds. The van der Waals surface area contributed by atoms with Crippen molar-refractivity contribution < 1.29 is 4.39 Å². The van der Waals surface area contributed by atoms with Crippen LogP contribution < -0.4 is 5.32 Å². The number of pyridine rings is 1. The molecule has 2 aromatic rings. The maximum Gasteiger partial charge on any atom is 0.159 e. The Bertz CT molecular complexity index is 675. The Morgan fingerprint density at radius 3 is 2.91 bits per heavy atom. The molecule has 0 spiro atoms. The molecule has 1 N–H and O–H groups in total. The molecule has 7 heteroatoms. The van der Waals surface area contributed by atoms with E-state index in [4.69, 9.17) is 11.6 Å². The number of thioether (sulfide) groups is 1. The number of nitrogens with one attached hydrogen (secondary N) is 1. The number of rotatable bonds is 4. The molecule has 2 heterocycles. The molecule has 1 aliphatic rings. The normalized spacial score (nSPS) is 15.1. The summed E-state index contributed by atoms with van der Waals surface area (Å²) in [6, 6.07) is 8.70. The predicted octanol–water partition coefficient (Wildman–Crippen LogP) is 3.48. The Kier molecular flexibility index (Phi) is 5.48. The maximum atomic E-state index is 13.7. The topological polar surface area (TPSA) is 40.5 Å². The molecule has 0 unspecified atom stereocenters. The number of aromatic nitrogens is 1. The Hall–Kier alpha value is -1.63. The van der Waals surface area contributed by atoms with Crippen molar-refractivity contribution in [2.75, 3.05) is 13.3 Å². The Labute approximate surface area is 143 Å². The van der Waals surface area contributed by atoms with Gasteiger partial charge in [-0.25, -0.2) is 9.38 Å². The van der Waals surface area contributed by atoms with Gasteiger partial charge in [0, 0.05) is 35.3 Å². The third kappa shape index (κ3) is 4.43. The van der Waals surface area contributed by atoms with E-state index in [-0.39, 0.29) is 5.82 Å². The largest absolute Gasteiger partial charge is 0.352 e. The van der Waals surface area contributed by atoms with Gasteiger partial charge in [-0.1, -0.05) is 35.5 Å². The summed E-state index contributed by atoms with van der Waals surface area (Å²) in [7, 11) is 0. The van der Waals surface area contributed by atoms with Gasteiger partial charge < -0.3 is 5.32 Å². The number of benzene rings is 1. The number of amidine groups is 1. The van der Waals surface area contributed by atoms with Gasteiger partial charge in [0.2, 0.25) is 0 Å². The molecule has 4 nitrogen and oxygen atoms in total. The average Bonchev–Trinajstić information content (AvgIpc) is 2.57. The summed E-state index contributed by atoms with van der Waals surface area (Å²) in [4.78, 5) is 10.8. The van der Waals surface area contributed by atoms with Crippen LogP contribution in [0.25, 0.3) is 0 Å². The number of aliphatic imine (C=N–C) groups is 1. The van der Waals surface area contributed by atoms with E-state index < -0.39 is 0 Å². The fourth-order valence-corrected chi connectivity index (χ4v) is 3.41. The molecular weight excluding hydrogens is 335 g/mol. The highest BCUT2D eigenvalue weighted by Gasteiger charge is 2.14. The van der Waals surface area contributed by atoms with E-state index in [0.29, 0.717) is 29.7 Å². The second-order valence-electron chi connectivity index (χ2n) is 5.12. The SMILES string of the molecule is Fc1cccc(Cl)c1CSC1=NCN(Cc2cccnc2)CN1. The zero-order chi connectivity index (χ0) is 16.1. The minimum atomic E-state index is -0.278. The first-order chi connectivity index (χ1) is 11.2. The fourth-order valence-electron chi connectivity index (χ4n) is 2.21. The van der Waals surface area contributed by atoms with Crippen LogP contribution in [0.1, 0.15) is 11.1 Å². The first-order valence-electron chi connectivity index (χ1n) is 7.17. The summed E-state index contributed by atoms with van der Waals surface area (Å²) >= 11 is 7.50. The lowest BCUT2D eigenvalue weighted by Gasteiger charge is -2.26. The van der Waals surface area contributed by atoms with Crippen molar-refractivity contribution in [2.24, 2.45) is 4.99 Å². The summed E-state index contributed by atoms with van der Waals surface area (Å²) in [6.07, 6.45) is 3.62. The van der Waals surface area contributed by atoms with Crippen LogP contribution in [-0.2, 0) is 12.3 Å². The van der Waals surface area contributed by atoms with E-state index in [1.165, 1.54) is 17.8 Å². The van der Waals surface area contributed by atoms with Crippen LogP contribution in [0.3, 0.4) is 0 Å². The number of hydrogen-bond acceptors (Lipinski definition) is 5. The van der Waals surface area contributed by atoms with Gasteiger partial charge in [-0.15, -0.1) is 0 Å². The van der Waals surface area contributed by atoms with Crippen molar-refractivity contribution in [3.8, 4) is 0 Å². The number of nitrogens with zero attached hydrogens (tertiary/aromatic N) is 3. The van der Waals surface area contributed by atoms with Gasteiger partial charge in [0.05, 0.1) is 13.3 Å². The first-order valence-corrected chi connectivity index (χ1v) is 8.54. The number of hydrogen-bond donors (Lipinski definition) is 1. The molecule has 1 aromatic carbocycles. The molecule has 3 rings (SSSR count). The van der Waals surface area contributed by atoms with E-state index in [9.17, 15) is 4.39 Å². The maximum absolute atomic E-state index is 13.7. The molecule has 23 heavy (non-hydrogen) atoms. The molecule has 0 saturated heterocycles. The quantitative estimate of drug-likeness (QED) is 0.916. The molecule has 1 aliphatic heterocycles. The lowest BCUT2D eigenvalue weighted by molar-refractivity contribution is 0.258. The molecular formula is C16H16ClFN4S. The van der Waals surface area contributed by atoms with E-state index >= 15 is 0 Å². The molecule has 1 aromatic heterocycles. The highest BCUT2D eigenvalue weighted by molar-refractivity contribution is 8.13. The van der Waals surface area contributed by atoms with Crippen LogP contribution >= 0.6 is 23.4 Å². The van der Waals surface area contributed by atoms with Gasteiger partial charge in [-0.05, 0) is 23.8 Å². The van der Waals surface area contributed by atoms with Crippen LogP contribution in [0.2, 0.25) is 5.02 Å². The van der Waals surface area contributed by atoms with Gasteiger partial charge in [-0.3, -0.25) is 9.88 Å². The smallest absolute Gasteiger partial charge is 0.159 e. The summed E-state index contributed by atoms with van der Waals surface area (Å²) < 4.78 is 13.7. The summed E-state index contributed by atoms with van der Waals surface area (Å²) in [5, 5.41) is 4.51. The fraction of sp³-hybridized carbons (Fsp3) is 0.250. The van der Waals surface area contributed by atoms with Gasteiger partial charge in [0.1, 0.15) is 5.82 Å². The summed E-state index contributed by atoms with van der Waals surface area (Å²) in [6.45, 7) is 2.10. The van der Waals surface area contributed by atoms with E-state index in [2.05, 4.69) is 20.2 Å². The van der Waals surface area contributed by atoms with Crippen LogP contribution in [0.15, 0.2) is 47.7 Å². The predicted molar refractivity (Wildman–Crippen MR) is 92.8 cm³/mol. The van der Waals surface area contributed by atoms with Gasteiger partial charge in [0.15, 0.2) is 5.17 Å². The van der Waals surface area contributed by atoms with Gasteiger partial charge in [-0.2, -0.15) is 0 Å². The lowest BCUT2D eigenvalue weighted by atomic mass is 10.2. The Morgan fingerprint density at radius 2 is 2.22 bits per heavy atom. The molecule has 0 atom stereocenters. The molecule has 0 saturated carbocycles. The van der Waals surface area contributed by atoms with Gasteiger partial charge in [0.25, 0.3) is 0 Å². The number of halogens is 2. The van der Waals surface area contributed by atoms with E-state index in [1.54, 1.807) is 18.3 Å². The zero-order valence-corrected chi connectivity index (χ0v) is 13.9. The van der Waals surface area contributed by atoms with Crippen LogP contribution in [0, 0.1) is 5.82 Å². The molecule has 0 radical (unpaired) electrons. The average molecular weight is 351 g/mol. The lowest BCUT2D eigenvalue weighted by Crippen LogP contribution is -2.41. The molecule has 0 fully saturated rings. The van der Waals surface area contributed by atoms with Crippen molar-refractivity contribution in [1.29, 1.82) is 0 Å². The minimum absolute atomic E-state index is 0.278. The Morgan fingerprint density at radius 1 is 1.30 bits per heavy atom. The van der Waals surface area contributed by atoms with E-state index in [0.717, 1.165) is 17.3 Å². The highest BCUT2D eigenvalue weighted by Crippen LogP contribution is 2.24. The second-order valence-corrected chi connectivity index (χ2v) is 6.49. The standard InChI is InChI=1S/C16H16ClFN4S/c17-14-4-1-5-15(18)13(14)9-23-16-20-10-22(11-21-16)8-12-3-2-6-19-7-12/h1-7H,8-11H2,(H,20,21). The third-order valence-electron chi connectivity index (χ3n) is 3.41. The first kappa shape index (κ1) is 16.2. The van der Waals surface area contributed by atoms with Crippen molar-refractivity contribution in [3.63, 3.8) is 0 Å². The molecule has 0 aliphatic carbocycles. The molecule has 120 valence electrons. The zero-order valence-electron chi connectivity index (χ0n) is 12.4. The van der Waals surface area contributed by atoms with Crippen molar-refractivity contribution in [1.82, 2.24) is 15.2 Å². The minimum Gasteiger partial charge on any atom is -0.352 e. The van der Waals surface area contributed by atoms with Crippen molar-refractivity contribution >= 4 is 28.5 Å². The van der Waals surface area contributed by atoms with Crippen LogP contribution in [0.4, 0.5) is 4.39 Å².